The van der Waals surface area contributed by atoms with E-state index in [1.165, 1.54) is 0 Å². The molecule has 2 N–H and O–H groups in total. The molecule has 1 aromatic carbocycles. The van der Waals surface area contributed by atoms with Crippen LogP contribution in [0, 0.1) is 12.3 Å². The first kappa shape index (κ1) is 13.3. The average Bonchev–Trinajstić information content (AvgIpc) is 2.37. The monoisotopic (exact) mass is 230 g/mol. The summed E-state index contributed by atoms with van der Waals surface area (Å²) in [6.45, 7) is 1.70. The lowest BCUT2D eigenvalue weighted by atomic mass is 10.2. The van der Waals surface area contributed by atoms with Gasteiger partial charge in [-0.3, -0.25) is 4.79 Å². The molecule has 0 saturated carbocycles. The van der Waals surface area contributed by atoms with E-state index in [4.69, 9.17) is 6.42 Å². The van der Waals surface area contributed by atoms with Crippen LogP contribution in [0.5, 0.6) is 0 Å². The molecule has 1 aromatic rings. The van der Waals surface area contributed by atoms with Crippen molar-refractivity contribution in [2.45, 2.75) is 19.4 Å². The molecule has 0 atom stereocenters. The topological polar surface area (TPSA) is 41.1 Å². The Hall–Kier alpha value is -1.79. The van der Waals surface area contributed by atoms with E-state index in [1.807, 2.05) is 30.3 Å². The van der Waals surface area contributed by atoms with Gasteiger partial charge in [0.05, 0.1) is 6.54 Å². The van der Waals surface area contributed by atoms with Crippen molar-refractivity contribution in [2.24, 2.45) is 0 Å². The predicted molar refractivity (Wildman–Crippen MR) is 69.2 cm³/mol. The van der Waals surface area contributed by atoms with E-state index in [0.29, 0.717) is 13.1 Å². The van der Waals surface area contributed by atoms with Crippen molar-refractivity contribution in [3.63, 3.8) is 0 Å². The Labute approximate surface area is 103 Å². The third kappa shape index (κ3) is 6.39. The number of amides is 1. The highest BCUT2D eigenvalue weighted by atomic mass is 16.1. The quantitative estimate of drug-likeness (QED) is 0.547. The minimum atomic E-state index is 0.00885. The van der Waals surface area contributed by atoms with E-state index in [2.05, 4.69) is 16.6 Å². The lowest BCUT2D eigenvalue weighted by Crippen LogP contribution is -2.33. The minimum absolute atomic E-state index is 0.00885. The summed E-state index contributed by atoms with van der Waals surface area (Å²) in [6.07, 6.45) is 6.78. The molecule has 0 saturated heterocycles. The molecule has 1 rings (SSSR count). The van der Waals surface area contributed by atoms with E-state index >= 15 is 0 Å². The van der Waals surface area contributed by atoms with Crippen LogP contribution in [0.25, 0.3) is 0 Å². The van der Waals surface area contributed by atoms with Gasteiger partial charge in [0.15, 0.2) is 0 Å². The lowest BCUT2D eigenvalue weighted by molar-refractivity contribution is -0.120. The minimum Gasteiger partial charge on any atom is -0.351 e. The van der Waals surface area contributed by atoms with Crippen LogP contribution >= 0.6 is 0 Å². The number of terminal acetylenes is 1. The number of benzene rings is 1. The van der Waals surface area contributed by atoms with Crippen LogP contribution in [-0.4, -0.2) is 19.0 Å². The van der Waals surface area contributed by atoms with Gasteiger partial charge in [0.25, 0.3) is 0 Å². The molecule has 1 amide bonds. The highest BCUT2D eigenvalue weighted by Gasteiger charge is 1.99. The van der Waals surface area contributed by atoms with Gasteiger partial charge in [-0.2, -0.15) is 0 Å². The van der Waals surface area contributed by atoms with Crippen LogP contribution in [0.15, 0.2) is 30.3 Å². The standard InChI is InChI=1S/C14H18N2O/c1-2-3-7-10-15-12-14(17)16-11-13-8-5-4-6-9-13/h1,4-6,8-9,15H,3,7,10-12H2,(H,16,17). The number of hydrogen-bond acceptors (Lipinski definition) is 2. The van der Waals surface area contributed by atoms with Crippen LogP contribution in [0.1, 0.15) is 18.4 Å². The van der Waals surface area contributed by atoms with Crippen LogP contribution in [-0.2, 0) is 11.3 Å². The Kier molecular flexibility index (Phi) is 6.54. The first-order valence-electron chi connectivity index (χ1n) is 5.77. The fraction of sp³-hybridized carbons (Fsp3) is 0.357. The van der Waals surface area contributed by atoms with E-state index in [1.54, 1.807) is 0 Å². The van der Waals surface area contributed by atoms with Gasteiger partial charge in [-0.1, -0.05) is 30.3 Å². The summed E-state index contributed by atoms with van der Waals surface area (Å²) in [4.78, 5) is 11.4. The Balaban J connectivity index is 2.08. The van der Waals surface area contributed by atoms with Gasteiger partial charge in [-0.15, -0.1) is 12.3 Å². The average molecular weight is 230 g/mol. The highest BCUT2D eigenvalue weighted by Crippen LogP contribution is 1.96. The maximum Gasteiger partial charge on any atom is 0.234 e. The normalized spacial score (nSPS) is 9.59. The smallest absolute Gasteiger partial charge is 0.234 e. The molecule has 0 aliphatic carbocycles. The molecule has 0 aliphatic rings. The molecule has 0 heterocycles. The molecule has 0 aromatic heterocycles. The second-order valence-electron chi connectivity index (χ2n) is 3.75. The third-order valence-corrected chi connectivity index (χ3v) is 2.29. The summed E-state index contributed by atoms with van der Waals surface area (Å²) in [6, 6.07) is 9.85. The molecule has 0 unspecified atom stereocenters. The van der Waals surface area contributed by atoms with Gasteiger partial charge >= 0.3 is 0 Å². The van der Waals surface area contributed by atoms with Crippen LogP contribution in [0.3, 0.4) is 0 Å². The Morgan fingerprint density at radius 2 is 2.06 bits per heavy atom. The van der Waals surface area contributed by atoms with Crippen molar-refractivity contribution >= 4 is 5.91 Å². The van der Waals surface area contributed by atoms with Crippen LogP contribution in [0.4, 0.5) is 0 Å². The zero-order valence-corrected chi connectivity index (χ0v) is 9.91. The first-order chi connectivity index (χ1) is 8.33. The van der Waals surface area contributed by atoms with Crippen molar-refractivity contribution in [1.29, 1.82) is 0 Å². The Morgan fingerprint density at radius 1 is 1.29 bits per heavy atom. The van der Waals surface area contributed by atoms with Crippen molar-refractivity contribution in [3.8, 4) is 12.3 Å². The van der Waals surface area contributed by atoms with Crippen molar-refractivity contribution in [2.75, 3.05) is 13.1 Å². The second-order valence-corrected chi connectivity index (χ2v) is 3.75. The molecule has 3 heteroatoms. The number of rotatable bonds is 7. The molecule has 3 nitrogen and oxygen atoms in total. The summed E-state index contributed by atoms with van der Waals surface area (Å²) in [5, 5.41) is 5.90. The molecule has 0 fully saturated rings. The molecule has 17 heavy (non-hydrogen) atoms. The van der Waals surface area contributed by atoms with Crippen LogP contribution < -0.4 is 10.6 Å². The summed E-state index contributed by atoms with van der Waals surface area (Å²) in [7, 11) is 0. The van der Waals surface area contributed by atoms with Gasteiger partial charge in [-0.25, -0.2) is 0 Å². The first-order valence-corrected chi connectivity index (χ1v) is 5.77. The number of carbonyl (C=O) groups excluding carboxylic acids is 1. The summed E-state index contributed by atoms with van der Waals surface area (Å²) >= 11 is 0. The molecular weight excluding hydrogens is 212 g/mol. The predicted octanol–water partition coefficient (Wildman–Crippen LogP) is 1.31. The fourth-order valence-electron chi connectivity index (χ4n) is 1.38. The summed E-state index contributed by atoms with van der Waals surface area (Å²) in [5.74, 6) is 2.57. The van der Waals surface area contributed by atoms with Gasteiger partial charge < -0.3 is 10.6 Å². The SMILES string of the molecule is C#CCCCNCC(=O)NCc1ccccc1. The second kappa shape index (κ2) is 8.37. The maximum atomic E-state index is 11.4. The van der Waals surface area contributed by atoms with Crippen molar-refractivity contribution < 1.29 is 4.79 Å². The third-order valence-electron chi connectivity index (χ3n) is 2.29. The van der Waals surface area contributed by atoms with Crippen LogP contribution in [0.2, 0.25) is 0 Å². The van der Waals surface area contributed by atoms with Gasteiger partial charge in [0.1, 0.15) is 0 Å². The molecule has 0 radical (unpaired) electrons. The lowest BCUT2D eigenvalue weighted by Gasteiger charge is -2.06. The summed E-state index contributed by atoms with van der Waals surface area (Å²) < 4.78 is 0. The molecule has 0 spiro atoms. The van der Waals surface area contributed by atoms with E-state index in [9.17, 15) is 4.79 Å². The number of unbranched alkanes of at least 4 members (excludes halogenated alkanes) is 1. The molecular formula is C14H18N2O. The van der Waals surface area contributed by atoms with E-state index in [0.717, 1.165) is 24.9 Å². The fourth-order valence-corrected chi connectivity index (χ4v) is 1.38. The van der Waals surface area contributed by atoms with Gasteiger partial charge in [0, 0.05) is 13.0 Å². The molecule has 90 valence electrons. The molecule has 0 bridgehead atoms. The van der Waals surface area contributed by atoms with Gasteiger partial charge in [-0.05, 0) is 18.5 Å². The highest BCUT2D eigenvalue weighted by molar-refractivity contribution is 5.77. The van der Waals surface area contributed by atoms with Gasteiger partial charge in [0.2, 0.25) is 5.91 Å². The summed E-state index contributed by atoms with van der Waals surface area (Å²) in [5.41, 5.74) is 1.10. The van der Waals surface area contributed by atoms with Crippen molar-refractivity contribution in [1.82, 2.24) is 10.6 Å². The molecule has 0 aliphatic heterocycles. The number of nitrogens with one attached hydrogen (secondary N) is 2. The van der Waals surface area contributed by atoms with E-state index in [-0.39, 0.29) is 5.91 Å². The number of hydrogen-bond donors (Lipinski definition) is 2. The Morgan fingerprint density at radius 3 is 2.76 bits per heavy atom. The largest absolute Gasteiger partial charge is 0.351 e. The maximum absolute atomic E-state index is 11.4. The zero-order chi connectivity index (χ0) is 12.3. The van der Waals surface area contributed by atoms with E-state index < -0.39 is 0 Å². The zero-order valence-electron chi connectivity index (χ0n) is 9.91. The number of carbonyl (C=O) groups is 1. The van der Waals surface area contributed by atoms with Crippen molar-refractivity contribution in [3.05, 3.63) is 35.9 Å². The Bertz CT molecular complexity index is 368.